The second kappa shape index (κ2) is 7.43. The van der Waals surface area contributed by atoms with Gasteiger partial charge in [-0.2, -0.15) is 11.8 Å². The molecule has 2 heteroatoms. The summed E-state index contributed by atoms with van der Waals surface area (Å²) in [4.78, 5) is 10.9. The van der Waals surface area contributed by atoms with Crippen molar-refractivity contribution >= 4 is 17.5 Å². The summed E-state index contributed by atoms with van der Waals surface area (Å²) >= 11 is 1.98. The standard InChI is InChI=1S/C11H22OS/c1-5-9(2)8-13-7-6-10(3)11(4)12/h9-10H,5-8H2,1-4H3. The molecule has 1 nitrogen and oxygen atoms in total. The van der Waals surface area contributed by atoms with E-state index in [1.807, 2.05) is 18.7 Å². The quantitative estimate of drug-likeness (QED) is 0.589. The Morgan fingerprint density at radius 2 is 2.00 bits per heavy atom. The first kappa shape index (κ1) is 13.0. The average Bonchev–Trinajstić information content (AvgIpc) is 2.11. The number of Topliss-reactive ketones (excluding diaryl/α,β-unsaturated/α-hetero) is 1. The van der Waals surface area contributed by atoms with E-state index in [2.05, 4.69) is 13.8 Å². The third-order valence-electron chi connectivity index (χ3n) is 2.49. The lowest BCUT2D eigenvalue weighted by atomic mass is 10.1. The Bertz CT molecular complexity index is 145. The minimum absolute atomic E-state index is 0.254. The second-order valence-corrected chi connectivity index (χ2v) is 5.04. The SMILES string of the molecule is CCC(C)CSCCC(C)C(C)=O. The van der Waals surface area contributed by atoms with Crippen molar-refractivity contribution in [2.75, 3.05) is 11.5 Å². The fourth-order valence-corrected chi connectivity index (χ4v) is 2.19. The van der Waals surface area contributed by atoms with Gasteiger partial charge in [-0.1, -0.05) is 27.2 Å². The van der Waals surface area contributed by atoms with Gasteiger partial charge in [-0.05, 0) is 30.8 Å². The molecule has 0 rings (SSSR count). The van der Waals surface area contributed by atoms with Crippen LogP contribution in [0.25, 0.3) is 0 Å². The van der Waals surface area contributed by atoms with Crippen molar-refractivity contribution in [1.82, 2.24) is 0 Å². The van der Waals surface area contributed by atoms with Gasteiger partial charge in [-0.25, -0.2) is 0 Å². The maximum atomic E-state index is 10.9. The van der Waals surface area contributed by atoms with Crippen LogP contribution in [0.1, 0.15) is 40.5 Å². The summed E-state index contributed by atoms with van der Waals surface area (Å²) < 4.78 is 0. The van der Waals surface area contributed by atoms with Crippen molar-refractivity contribution in [3.05, 3.63) is 0 Å². The summed E-state index contributed by atoms with van der Waals surface area (Å²) in [5.74, 6) is 3.76. The topological polar surface area (TPSA) is 17.1 Å². The molecule has 0 aromatic heterocycles. The lowest BCUT2D eigenvalue weighted by molar-refractivity contribution is -0.120. The lowest BCUT2D eigenvalue weighted by Gasteiger charge is -2.09. The van der Waals surface area contributed by atoms with Gasteiger partial charge in [0, 0.05) is 5.92 Å². The summed E-state index contributed by atoms with van der Waals surface area (Å²) in [5, 5.41) is 0. The van der Waals surface area contributed by atoms with Crippen LogP contribution in [0.5, 0.6) is 0 Å². The van der Waals surface area contributed by atoms with Crippen LogP contribution >= 0.6 is 11.8 Å². The molecule has 0 bridgehead atoms. The molecule has 0 spiro atoms. The Labute approximate surface area is 86.7 Å². The molecule has 0 radical (unpaired) electrons. The van der Waals surface area contributed by atoms with Crippen LogP contribution in [-0.2, 0) is 4.79 Å². The maximum absolute atomic E-state index is 10.9. The molecule has 0 saturated carbocycles. The number of hydrogen-bond donors (Lipinski definition) is 0. The third-order valence-corrected chi connectivity index (χ3v) is 3.82. The zero-order valence-corrected chi connectivity index (χ0v) is 10.1. The first-order chi connectivity index (χ1) is 6.07. The van der Waals surface area contributed by atoms with Gasteiger partial charge < -0.3 is 0 Å². The molecule has 0 aliphatic carbocycles. The smallest absolute Gasteiger partial charge is 0.132 e. The van der Waals surface area contributed by atoms with E-state index in [4.69, 9.17) is 0 Å². The maximum Gasteiger partial charge on any atom is 0.132 e. The number of hydrogen-bond acceptors (Lipinski definition) is 2. The van der Waals surface area contributed by atoms with Crippen molar-refractivity contribution in [2.24, 2.45) is 11.8 Å². The number of rotatable bonds is 7. The van der Waals surface area contributed by atoms with Crippen LogP contribution in [0.3, 0.4) is 0 Å². The van der Waals surface area contributed by atoms with Crippen LogP contribution in [0, 0.1) is 11.8 Å². The Balaban J connectivity index is 3.30. The number of carbonyl (C=O) groups is 1. The average molecular weight is 202 g/mol. The van der Waals surface area contributed by atoms with Gasteiger partial charge in [-0.15, -0.1) is 0 Å². The molecule has 0 fully saturated rings. The monoisotopic (exact) mass is 202 g/mol. The minimum atomic E-state index is 0.254. The first-order valence-electron chi connectivity index (χ1n) is 5.16. The molecule has 0 aliphatic heterocycles. The Kier molecular flexibility index (Phi) is 7.44. The van der Waals surface area contributed by atoms with Crippen LogP contribution in [-0.4, -0.2) is 17.3 Å². The molecular weight excluding hydrogens is 180 g/mol. The predicted molar refractivity (Wildman–Crippen MR) is 61.2 cm³/mol. The number of ketones is 1. The summed E-state index contributed by atoms with van der Waals surface area (Å²) in [5.41, 5.74) is 0. The zero-order chi connectivity index (χ0) is 10.3. The molecule has 78 valence electrons. The molecule has 2 atom stereocenters. The Morgan fingerprint density at radius 3 is 2.46 bits per heavy atom. The van der Waals surface area contributed by atoms with E-state index in [0.29, 0.717) is 5.78 Å². The van der Waals surface area contributed by atoms with Crippen molar-refractivity contribution in [2.45, 2.75) is 40.5 Å². The molecule has 0 aromatic carbocycles. The van der Waals surface area contributed by atoms with E-state index >= 15 is 0 Å². The first-order valence-corrected chi connectivity index (χ1v) is 6.31. The largest absolute Gasteiger partial charge is 0.300 e. The van der Waals surface area contributed by atoms with E-state index in [1.165, 1.54) is 12.2 Å². The highest BCUT2D eigenvalue weighted by molar-refractivity contribution is 7.99. The Hall–Kier alpha value is 0.0200. The highest BCUT2D eigenvalue weighted by Gasteiger charge is 2.07. The third kappa shape index (κ3) is 7.12. The van der Waals surface area contributed by atoms with Crippen LogP contribution in [0.2, 0.25) is 0 Å². The normalized spacial score (nSPS) is 15.4. The van der Waals surface area contributed by atoms with Crippen molar-refractivity contribution in [3.63, 3.8) is 0 Å². The van der Waals surface area contributed by atoms with Crippen molar-refractivity contribution < 1.29 is 4.79 Å². The molecule has 0 N–H and O–H groups in total. The van der Waals surface area contributed by atoms with Gasteiger partial charge in [0.2, 0.25) is 0 Å². The Morgan fingerprint density at radius 1 is 1.38 bits per heavy atom. The minimum Gasteiger partial charge on any atom is -0.300 e. The molecule has 0 aromatic rings. The molecule has 13 heavy (non-hydrogen) atoms. The van der Waals surface area contributed by atoms with Crippen molar-refractivity contribution in [1.29, 1.82) is 0 Å². The summed E-state index contributed by atoms with van der Waals surface area (Å²) in [6.07, 6.45) is 2.30. The lowest BCUT2D eigenvalue weighted by Crippen LogP contribution is -2.07. The second-order valence-electron chi connectivity index (χ2n) is 3.89. The van der Waals surface area contributed by atoms with E-state index in [-0.39, 0.29) is 5.92 Å². The van der Waals surface area contributed by atoms with E-state index in [0.717, 1.165) is 18.1 Å². The fraction of sp³-hybridized carbons (Fsp3) is 0.909. The molecule has 2 unspecified atom stereocenters. The van der Waals surface area contributed by atoms with Gasteiger partial charge in [0.25, 0.3) is 0 Å². The predicted octanol–water partition coefficient (Wildman–Crippen LogP) is 3.38. The molecule has 0 saturated heterocycles. The number of thioether (sulfide) groups is 1. The van der Waals surface area contributed by atoms with E-state index in [1.54, 1.807) is 6.92 Å². The summed E-state index contributed by atoms with van der Waals surface area (Å²) in [7, 11) is 0. The highest BCUT2D eigenvalue weighted by Crippen LogP contribution is 2.15. The van der Waals surface area contributed by atoms with Gasteiger partial charge in [0.1, 0.15) is 5.78 Å². The molecule has 0 aliphatic rings. The molecule has 0 amide bonds. The zero-order valence-electron chi connectivity index (χ0n) is 9.30. The van der Waals surface area contributed by atoms with Crippen LogP contribution in [0.4, 0.5) is 0 Å². The van der Waals surface area contributed by atoms with Gasteiger partial charge in [0.15, 0.2) is 0 Å². The van der Waals surface area contributed by atoms with Crippen LogP contribution < -0.4 is 0 Å². The molecular formula is C11H22OS. The van der Waals surface area contributed by atoms with Gasteiger partial charge in [-0.3, -0.25) is 4.79 Å². The van der Waals surface area contributed by atoms with Gasteiger partial charge >= 0.3 is 0 Å². The van der Waals surface area contributed by atoms with E-state index in [9.17, 15) is 4.79 Å². The summed E-state index contributed by atoms with van der Waals surface area (Å²) in [6.45, 7) is 8.21. The number of carbonyl (C=O) groups excluding carboxylic acids is 1. The van der Waals surface area contributed by atoms with Crippen LogP contribution in [0.15, 0.2) is 0 Å². The fourth-order valence-electron chi connectivity index (χ4n) is 0.866. The van der Waals surface area contributed by atoms with Gasteiger partial charge in [0.05, 0.1) is 0 Å². The van der Waals surface area contributed by atoms with E-state index < -0.39 is 0 Å². The molecule has 0 heterocycles. The van der Waals surface area contributed by atoms with Crippen molar-refractivity contribution in [3.8, 4) is 0 Å². The highest BCUT2D eigenvalue weighted by atomic mass is 32.2. The summed E-state index contributed by atoms with van der Waals surface area (Å²) in [6, 6.07) is 0.